The molecule has 2 aliphatic heterocycles. The van der Waals surface area contributed by atoms with Gasteiger partial charge in [-0.15, -0.1) is 0 Å². The average Bonchev–Trinajstić information content (AvgIpc) is 3.16. The minimum Gasteiger partial charge on any atom is -0.378 e. The first-order valence-electron chi connectivity index (χ1n) is 10.0. The molecule has 154 valence electrons. The van der Waals surface area contributed by atoms with E-state index in [0.717, 1.165) is 5.56 Å². The lowest BCUT2D eigenvalue weighted by molar-refractivity contribution is -0.136. The van der Waals surface area contributed by atoms with Crippen LogP contribution in [0.5, 0.6) is 0 Å². The van der Waals surface area contributed by atoms with Crippen LogP contribution in [0.25, 0.3) is 11.3 Å². The number of amides is 2. The largest absolute Gasteiger partial charge is 0.378 e. The van der Waals surface area contributed by atoms with Gasteiger partial charge in [-0.2, -0.15) is 0 Å². The van der Waals surface area contributed by atoms with Gasteiger partial charge in [-0.25, -0.2) is 0 Å². The second-order valence-corrected chi connectivity index (χ2v) is 7.39. The molecule has 0 N–H and O–H groups in total. The number of carbonyl (C=O) groups is 2. The molecule has 2 saturated heterocycles. The number of hydrogen-bond acceptors (Lipinski definition) is 6. The van der Waals surface area contributed by atoms with Gasteiger partial charge in [0.05, 0.1) is 19.8 Å². The Balaban J connectivity index is 1.37. The molecule has 0 saturated carbocycles. The van der Waals surface area contributed by atoms with Crippen LogP contribution in [0.15, 0.2) is 34.9 Å². The summed E-state index contributed by atoms with van der Waals surface area (Å²) in [5, 5.41) is 4.11. The van der Waals surface area contributed by atoms with Crippen molar-refractivity contribution in [2.45, 2.75) is 6.92 Å². The van der Waals surface area contributed by atoms with E-state index in [0.29, 0.717) is 76.0 Å². The lowest BCUT2D eigenvalue weighted by atomic mass is 10.0. The summed E-state index contributed by atoms with van der Waals surface area (Å²) in [6.07, 6.45) is 0. The maximum absolute atomic E-state index is 13.2. The van der Waals surface area contributed by atoms with Crippen molar-refractivity contribution in [3.05, 3.63) is 41.7 Å². The molecular formula is C21H26N4O4. The van der Waals surface area contributed by atoms with E-state index in [-0.39, 0.29) is 11.8 Å². The summed E-state index contributed by atoms with van der Waals surface area (Å²) in [5.74, 6) is 0.592. The maximum Gasteiger partial charge on any atom is 0.259 e. The molecule has 3 heterocycles. The fraction of sp³-hybridized carbons (Fsp3) is 0.476. The molecular weight excluding hydrogens is 372 g/mol. The number of benzene rings is 1. The summed E-state index contributed by atoms with van der Waals surface area (Å²) < 4.78 is 10.6. The standard InChI is InChI=1S/C21H26N4O4/c1-16-19(20(22-29-16)17-5-3-2-4-6-17)21(27)25-9-7-23(8-10-25)15-18(26)24-11-13-28-14-12-24/h2-6H,7-15H2,1H3. The van der Waals surface area contributed by atoms with E-state index >= 15 is 0 Å². The van der Waals surface area contributed by atoms with Gasteiger partial charge in [-0.3, -0.25) is 14.5 Å². The molecule has 0 spiro atoms. The van der Waals surface area contributed by atoms with Crippen LogP contribution in [0.2, 0.25) is 0 Å². The minimum atomic E-state index is -0.0678. The Morgan fingerprint density at radius 3 is 2.34 bits per heavy atom. The molecule has 0 radical (unpaired) electrons. The van der Waals surface area contributed by atoms with Crippen LogP contribution in [0.4, 0.5) is 0 Å². The Morgan fingerprint density at radius 2 is 1.66 bits per heavy atom. The van der Waals surface area contributed by atoms with Gasteiger partial charge < -0.3 is 19.1 Å². The van der Waals surface area contributed by atoms with Crippen molar-refractivity contribution in [2.24, 2.45) is 0 Å². The Bertz CT molecular complexity index is 853. The van der Waals surface area contributed by atoms with Gasteiger partial charge in [0.15, 0.2) is 0 Å². The third-order valence-corrected chi connectivity index (χ3v) is 5.51. The lowest BCUT2D eigenvalue weighted by Crippen LogP contribution is -2.52. The predicted octanol–water partition coefficient (Wildman–Crippen LogP) is 1.27. The highest BCUT2D eigenvalue weighted by atomic mass is 16.5. The van der Waals surface area contributed by atoms with E-state index in [4.69, 9.17) is 9.26 Å². The zero-order chi connectivity index (χ0) is 20.2. The number of hydrogen-bond donors (Lipinski definition) is 0. The highest BCUT2D eigenvalue weighted by Crippen LogP contribution is 2.26. The molecule has 8 nitrogen and oxygen atoms in total. The number of aromatic nitrogens is 1. The molecule has 29 heavy (non-hydrogen) atoms. The fourth-order valence-electron chi connectivity index (χ4n) is 3.79. The number of nitrogens with zero attached hydrogens (tertiary/aromatic N) is 4. The summed E-state index contributed by atoms with van der Waals surface area (Å²) >= 11 is 0. The van der Waals surface area contributed by atoms with Gasteiger partial charge >= 0.3 is 0 Å². The predicted molar refractivity (Wildman–Crippen MR) is 106 cm³/mol. The molecule has 1 aromatic heterocycles. The molecule has 0 unspecified atom stereocenters. The monoisotopic (exact) mass is 398 g/mol. The van der Waals surface area contributed by atoms with Gasteiger partial charge in [0.1, 0.15) is 17.0 Å². The first-order valence-corrected chi connectivity index (χ1v) is 10.0. The highest BCUT2D eigenvalue weighted by molar-refractivity contribution is 6.00. The molecule has 0 aliphatic carbocycles. The van der Waals surface area contributed by atoms with Crippen molar-refractivity contribution in [3.63, 3.8) is 0 Å². The number of ether oxygens (including phenoxy) is 1. The Hall–Kier alpha value is -2.71. The van der Waals surface area contributed by atoms with Crippen LogP contribution in [0.3, 0.4) is 0 Å². The molecule has 2 aliphatic rings. The van der Waals surface area contributed by atoms with E-state index in [9.17, 15) is 9.59 Å². The lowest BCUT2D eigenvalue weighted by Gasteiger charge is -2.36. The van der Waals surface area contributed by atoms with Gasteiger partial charge in [0.25, 0.3) is 5.91 Å². The normalized spacial score (nSPS) is 18.1. The minimum absolute atomic E-state index is 0.0678. The number of morpholine rings is 1. The molecule has 0 atom stereocenters. The Labute approximate surface area is 170 Å². The summed E-state index contributed by atoms with van der Waals surface area (Å²) in [4.78, 5) is 31.4. The van der Waals surface area contributed by atoms with Crippen LogP contribution in [0.1, 0.15) is 16.1 Å². The van der Waals surface area contributed by atoms with Crippen LogP contribution in [0, 0.1) is 6.92 Å². The smallest absolute Gasteiger partial charge is 0.259 e. The Kier molecular flexibility index (Phi) is 5.92. The highest BCUT2D eigenvalue weighted by Gasteiger charge is 2.29. The molecule has 8 heteroatoms. The van der Waals surface area contributed by atoms with E-state index < -0.39 is 0 Å². The molecule has 2 amide bonds. The summed E-state index contributed by atoms with van der Waals surface area (Å²) in [5.41, 5.74) is 1.97. The second kappa shape index (κ2) is 8.75. The number of carbonyl (C=O) groups excluding carboxylic acids is 2. The van der Waals surface area contributed by atoms with Gasteiger partial charge in [-0.05, 0) is 6.92 Å². The van der Waals surface area contributed by atoms with E-state index in [1.54, 1.807) is 6.92 Å². The first kappa shape index (κ1) is 19.6. The first-order chi connectivity index (χ1) is 14.1. The fourth-order valence-corrected chi connectivity index (χ4v) is 3.79. The van der Waals surface area contributed by atoms with Gasteiger partial charge in [0.2, 0.25) is 5.91 Å². The van der Waals surface area contributed by atoms with Crippen molar-refractivity contribution in [3.8, 4) is 11.3 Å². The van der Waals surface area contributed by atoms with E-state index in [1.165, 1.54) is 0 Å². The summed E-state index contributed by atoms with van der Waals surface area (Å²) in [6, 6.07) is 9.59. The second-order valence-electron chi connectivity index (χ2n) is 7.39. The van der Waals surface area contributed by atoms with E-state index in [2.05, 4.69) is 10.1 Å². The van der Waals surface area contributed by atoms with Crippen molar-refractivity contribution in [1.82, 2.24) is 19.9 Å². The van der Waals surface area contributed by atoms with Crippen molar-refractivity contribution < 1.29 is 18.8 Å². The van der Waals surface area contributed by atoms with Crippen molar-refractivity contribution >= 4 is 11.8 Å². The molecule has 4 rings (SSSR count). The van der Waals surface area contributed by atoms with Crippen LogP contribution in [-0.4, -0.2) is 90.7 Å². The third kappa shape index (κ3) is 4.33. The van der Waals surface area contributed by atoms with E-state index in [1.807, 2.05) is 40.1 Å². The number of rotatable bonds is 4. The Morgan fingerprint density at radius 1 is 0.966 bits per heavy atom. The quantitative estimate of drug-likeness (QED) is 0.772. The van der Waals surface area contributed by atoms with Crippen LogP contribution in [-0.2, 0) is 9.53 Å². The SMILES string of the molecule is Cc1onc(-c2ccccc2)c1C(=O)N1CCN(CC(=O)N2CCOCC2)CC1. The summed E-state index contributed by atoms with van der Waals surface area (Å²) in [6.45, 7) is 7.19. The summed E-state index contributed by atoms with van der Waals surface area (Å²) in [7, 11) is 0. The molecule has 2 aromatic rings. The van der Waals surface area contributed by atoms with Crippen molar-refractivity contribution in [1.29, 1.82) is 0 Å². The maximum atomic E-state index is 13.2. The topological polar surface area (TPSA) is 79.1 Å². The number of aryl methyl sites for hydroxylation is 1. The molecule has 1 aromatic carbocycles. The zero-order valence-corrected chi connectivity index (χ0v) is 16.7. The third-order valence-electron chi connectivity index (χ3n) is 5.51. The molecule has 2 fully saturated rings. The molecule has 0 bridgehead atoms. The van der Waals surface area contributed by atoms with Gasteiger partial charge in [0, 0.05) is 44.8 Å². The van der Waals surface area contributed by atoms with Crippen molar-refractivity contribution in [2.75, 3.05) is 59.0 Å². The van der Waals surface area contributed by atoms with Crippen LogP contribution >= 0.6 is 0 Å². The van der Waals surface area contributed by atoms with Gasteiger partial charge in [-0.1, -0.05) is 35.5 Å². The average molecular weight is 398 g/mol. The number of piperazine rings is 1. The zero-order valence-electron chi connectivity index (χ0n) is 16.7. The van der Waals surface area contributed by atoms with Crippen LogP contribution < -0.4 is 0 Å².